The van der Waals surface area contributed by atoms with Crippen LogP contribution in [0.1, 0.15) is 0 Å². The van der Waals surface area contributed by atoms with Crippen molar-refractivity contribution in [2.45, 2.75) is 0 Å². The van der Waals surface area contributed by atoms with Gasteiger partial charge in [0.2, 0.25) is 0 Å². The van der Waals surface area contributed by atoms with E-state index in [9.17, 15) is 0 Å². The molecule has 310 valence electrons. The van der Waals surface area contributed by atoms with Gasteiger partial charge in [0.15, 0.2) is 0 Å². The molecule has 65 heavy (non-hydrogen) atoms. The van der Waals surface area contributed by atoms with Crippen molar-refractivity contribution in [1.82, 2.24) is 0 Å². The fourth-order valence-corrected chi connectivity index (χ4v) is 8.95. The zero-order valence-electron chi connectivity index (χ0n) is 35.4. The van der Waals surface area contributed by atoms with Crippen LogP contribution in [0.5, 0.6) is 0 Å². The van der Waals surface area contributed by atoms with Crippen molar-refractivity contribution in [3.63, 3.8) is 0 Å². The Morgan fingerprint density at radius 3 is 1.23 bits per heavy atom. The third kappa shape index (κ3) is 7.66. The van der Waals surface area contributed by atoms with Gasteiger partial charge in [0.05, 0.1) is 22.7 Å². The smallest absolute Gasteiger partial charge is 0.137 e. The number of hydrogen-bond acceptors (Lipinski definition) is 4. The molecule has 0 radical (unpaired) electrons. The quantitative estimate of drug-likeness (QED) is 0.129. The van der Waals surface area contributed by atoms with Crippen molar-refractivity contribution in [3.05, 3.63) is 261 Å². The standard InChI is InChI=1S/C60H42FN3O/c61-45-24-18-31-49(38-45)64(60-54(43-20-6-1-7-21-43)33-19-34-55(60)44-22-8-2-9-23-44)53-40-51(62(46-25-10-3-11-26-46)47-27-12-4-13-28-47)39-52(41-53)63(48-29-14-5-15-30-48)50-36-37-57-56-32-16-17-35-58(56)65-59(57)42-50/h1-42H. The zero-order valence-corrected chi connectivity index (χ0v) is 35.4. The summed E-state index contributed by atoms with van der Waals surface area (Å²) in [7, 11) is 0. The van der Waals surface area contributed by atoms with Gasteiger partial charge in [-0.1, -0.05) is 158 Å². The Morgan fingerprint density at radius 1 is 0.277 bits per heavy atom. The van der Waals surface area contributed by atoms with E-state index < -0.39 is 0 Å². The summed E-state index contributed by atoms with van der Waals surface area (Å²) in [5.41, 5.74) is 13.8. The molecule has 0 amide bonds. The van der Waals surface area contributed by atoms with E-state index in [1.807, 2.05) is 54.6 Å². The third-order valence-electron chi connectivity index (χ3n) is 11.8. The summed E-state index contributed by atoms with van der Waals surface area (Å²) in [4.78, 5) is 6.78. The average molecular weight is 840 g/mol. The van der Waals surface area contributed by atoms with Crippen LogP contribution in [0.3, 0.4) is 0 Å². The summed E-state index contributed by atoms with van der Waals surface area (Å²) in [5, 5.41) is 2.12. The Kier molecular flexibility index (Phi) is 10.4. The van der Waals surface area contributed by atoms with Crippen LogP contribution in [-0.2, 0) is 0 Å². The Labute approximate surface area is 377 Å². The van der Waals surface area contributed by atoms with E-state index in [1.54, 1.807) is 12.1 Å². The second-order valence-electron chi connectivity index (χ2n) is 15.9. The maximum atomic E-state index is 15.9. The lowest BCUT2D eigenvalue weighted by molar-refractivity contribution is 0.628. The summed E-state index contributed by atoms with van der Waals surface area (Å²) in [6.45, 7) is 0. The Morgan fingerprint density at radius 2 is 0.692 bits per heavy atom. The lowest BCUT2D eigenvalue weighted by atomic mass is 9.94. The molecule has 11 aromatic rings. The van der Waals surface area contributed by atoms with Crippen molar-refractivity contribution in [1.29, 1.82) is 0 Å². The maximum Gasteiger partial charge on any atom is 0.137 e. The van der Waals surface area contributed by atoms with Crippen LogP contribution in [0.15, 0.2) is 259 Å². The Hall–Kier alpha value is -8.67. The summed E-state index contributed by atoms with van der Waals surface area (Å²) in [6.07, 6.45) is 0. The molecule has 0 saturated carbocycles. The highest BCUT2D eigenvalue weighted by atomic mass is 19.1. The third-order valence-corrected chi connectivity index (χ3v) is 11.8. The molecule has 10 aromatic carbocycles. The van der Waals surface area contributed by atoms with Crippen LogP contribution in [0.25, 0.3) is 44.2 Å². The second kappa shape index (κ2) is 17.2. The monoisotopic (exact) mass is 839 g/mol. The molecule has 0 aliphatic rings. The van der Waals surface area contributed by atoms with Crippen molar-refractivity contribution < 1.29 is 8.81 Å². The van der Waals surface area contributed by atoms with Gasteiger partial charge < -0.3 is 19.1 Å². The van der Waals surface area contributed by atoms with Gasteiger partial charge in [-0.2, -0.15) is 0 Å². The fraction of sp³-hybridized carbons (Fsp3) is 0. The molecule has 4 nitrogen and oxygen atoms in total. The number of benzene rings is 10. The lowest BCUT2D eigenvalue weighted by Crippen LogP contribution is -2.17. The minimum atomic E-state index is -0.331. The lowest BCUT2D eigenvalue weighted by Gasteiger charge is -2.34. The molecule has 0 aliphatic carbocycles. The van der Waals surface area contributed by atoms with Gasteiger partial charge >= 0.3 is 0 Å². The van der Waals surface area contributed by atoms with E-state index in [-0.39, 0.29) is 5.82 Å². The van der Waals surface area contributed by atoms with E-state index >= 15 is 4.39 Å². The van der Waals surface area contributed by atoms with Crippen LogP contribution in [0, 0.1) is 5.82 Å². The fourth-order valence-electron chi connectivity index (χ4n) is 8.95. The first-order chi connectivity index (χ1) is 32.2. The van der Waals surface area contributed by atoms with Crippen LogP contribution in [-0.4, -0.2) is 0 Å². The molecular formula is C60H42FN3O. The van der Waals surface area contributed by atoms with Crippen LogP contribution in [0.2, 0.25) is 0 Å². The first-order valence-electron chi connectivity index (χ1n) is 21.8. The first kappa shape index (κ1) is 39.2. The van der Waals surface area contributed by atoms with Gasteiger partial charge in [-0.05, 0) is 102 Å². The Balaban J connectivity index is 1.24. The first-order valence-corrected chi connectivity index (χ1v) is 21.8. The van der Waals surface area contributed by atoms with Gasteiger partial charge in [0.1, 0.15) is 17.0 Å². The minimum Gasteiger partial charge on any atom is -0.456 e. The number of fused-ring (bicyclic) bond motifs is 3. The number of para-hydroxylation sites is 5. The molecule has 0 fully saturated rings. The van der Waals surface area contributed by atoms with Crippen LogP contribution < -0.4 is 14.7 Å². The molecule has 0 spiro atoms. The SMILES string of the molecule is Fc1cccc(N(c2cc(N(c3ccccc3)c3ccccc3)cc(N(c3ccccc3)c3ccc4c(c3)oc3ccccc34)c2)c2c(-c3ccccc3)cccc2-c2ccccc2)c1. The minimum absolute atomic E-state index is 0.331. The molecule has 0 saturated heterocycles. The van der Waals surface area contributed by atoms with Crippen molar-refractivity contribution in [2.75, 3.05) is 14.7 Å². The molecule has 0 atom stereocenters. The molecular weight excluding hydrogens is 798 g/mol. The second-order valence-corrected chi connectivity index (χ2v) is 15.9. The van der Waals surface area contributed by atoms with Crippen LogP contribution in [0.4, 0.5) is 55.6 Å². The number of halogens is 1. The molecule has 0 unspecified atom stereocenters. The van der Waals surface area contributed by atoms with E-state index in [1.165, 1.54) is 6.07 Å². The van der Waals surface area contributed by atoms with Gasteiger partial charge in [-0.3, -0.25) is 0 Å². The van der Waals surface area contributed by atoms with E-state index in [4.69, 9.17) is 4.42 Å². The topological polar surface area (TPSA) is 22.9 Å². The van der Waals surface area contributed by atoms with Gasteiger partial charge in [0.25, 0.3) is 0 Å². The predicted molar refractivity (Wildman–Crippen MR) is 269 cm³/mol. The summed E-state index contributed by atoms with van der Waals surface area (Å²) < 4.78 is 22.4. The van der Waals surface area contributed by atoms with E-state index in [0.717, 1.165) is 89.7 Å². The van der Waals surface area contributed by atoms with Crippen molar-refractivity contribution in [3.8, 4) is 22.3 Å². The molecule has 0 bridgehead atoms. The highest BCUT2D eigenvalue weighted by Gasteiger charge is 2.26. The van der Waals surface area contributed by atoms with Crippen LogP contribution >= 0.6 is 0 Å². The molecule has 0 aliphatic heterocycles. The van der Waals surface area contributed by atoms with E-state index in [0.29, 0.717) is 5.69 Å². The summed E-state index contributed by atoms with van der Waals surface area (Å²) in [5.74, 6) is -0.331. The number of nitrogens with zero attached hydrogens (tertiary/aromatic N) is 3. The number of furan rings is 1. The number of hydrogen-bond donors (Lipinski definition) is 0. The maximum absolute atomic E-state index is 15.9. The zero-order chi connectivity index (χ0) is 43.5. The van der Waals surface area contributed by atoms with Gasteiger partial charge in [-0.15, -0.1) is 0 Å². The Bertz CT molecular complexity index is 3300. The molecule has 0 N–H and O–H groups in total. The molecule has 1 heterocycles. The average Bonchev–Trinajstić information content (AvgIpc) is 3.74. The normalized spacial score (nSPS) is 11.2. The van der Waals surface area contributed by atoms with Crippen molar-refractivity contribution >= 4 is 73.1 Å². The van der Waals surface area contributed by atoms with Crippen molar-refractivity contribution in [2.24, 2.45) is 0 Å². The highest BCUT2D eigenvalue weighted by Crippen LogP contribution is 2.50. The number of anilines is 9. The summed E-state index contributed by atoms with van der Waals surface area (Å²) >= 11 is 0. The van der Waals surface area contributed by atoms with Gasteiger partial charge in [-0.25, -0.2) is 4.39 Å². The molecule has 5 heteroatoms. The largest absolute Gasteiger partial charge is 0.456 e. The number of rotatable bonds is 11. The highest BCUT2D eigenvalue weighted by molar-refractivity contribution is 6.06. The molecule has 11 rings (SSSR count). The predicted octanol–water partition coefficient (Wildman–Crippen LogP) is 17.5. The van der Waals surface area contributed by atoms with E-state index in [2.05, 4.69) is 197 Å². The molecule has 1 aromatic heterocycles. The van der Waals surface area contributed by atoms with Gasteiger partial charge in [0, 0.05) is 56.4 Å². The summed E-state index contributed by atoms with van der Waals surface area (Å²) in [6, 6.07) is 86.8.